The second-order valence-electron chi connectivity index (χ2n) is 6.63. The van der Waals surface area contributed by atoms with Gasteiger partial charge in [-0.25, -0.2) is 4.79 Å². The first-order valence-electron chi connectivity index (χ1n) is 9.04. The SMILES string of the molecule is CCC(=O)[C@H]1C[C@@](C(=O)OC)(c2ccccc2)O[C@H]1c1ccc(OC)cc1. The molecule has 3 rings (SSSR count). The Kier molecular flexibility index (Phi) is 5.61. The van der Waals surface area contributed by atoms with Crippen molar-refractivity contribution in [1.82, 2.24) is 0 Å². The molecule has 0 N–H and O–H groups in total. The van der Waals surface area contributed by atoms with Gasteiger partial charge in [0, 0.05) is 12.8 Å². The van der Waals surface area contributed by atoms with Crippen molar-refractivity contribution < 1.29 is 23.8 Å². The molecule has 2 aromatic carbocycles. The number of ketones is 1. The topological polar surface area (TPSA) is 61.8 Å². The second-order valence-corrected chi connectivity index (χ2v) is 6.63. The standard InChI is InChI=1S/C22H24O5/c1-4-19(23)18-14-22(21(24)26-3,16-8-6-5-7-9-16)27-20(18)15-10-12-17(25-2)13-11-15/h5-13,18,20H,4,14H2,1-3H3/t18-,20+,22+/m1/s1. The number of rotatable bonds is 6. The third-order valence-corrected chi connectivity index (χ3v) is 5.16. The highest BCUT2D eigenvalue weighted by Crippen LogP contribution is 2.50. The van der Waals surface area contributed by atoms with Crippen LogP contribution in [0.1, 0.15) is 37.0 Å². The molecule has 5 nitrogen and oxygen atoms in total. The second kappa shape index (κ2) is 7.92. The van der Waals surface area contributed by atoms with E-state index in [1.807, 2.05) is 61.5 Å². The molecule has 1 heterocycles. The van der Waals surface area contributed by atoms with Crippen LogP contribution in [0, 0.1) is 5.92 Å². The summed E-state index contributed by atoms with van der Waals surface area (Å²) in [6.45, 7) is 1.83. The number of ether oxygens (including phenoxy) is 3. The van der Waals surface area contributed by atoms with Crippen LogP contribution in [0.2, 0.25) is 0 Å². The van der Waals surface area contributed by atoms with Crippen molar-refractivity contribution in [3.05, 3.63) is 65.7 Å². The molecule has 0 saturated carbocycles. The van der Waals surface area contributed by atoms with E-state index in [0.717, 1.165) is 11.3 Å². The lowest BCUT2D eigenvalue weighted by Gasteiger charge is -2.27. The highest BCUT2D eigenvalue weighted by molar-refractivity contribution is 5.87. The van der Waals surface area contributed by atoms with Crippen molar-refractivity contribution in [2.75, 3.05) is 14.2 Å². The Morgan fingerprint density at radius 2 is 1.74 bits per heavy atom. The van der Waals surface area contributed by atoms with Gasteiger partial charge in [-0.3, -0.25) is 4.79 Å². The molecule has 0 aromatic heterocycles. The summed E-state index contributed by atoms with van der Waals surface area (Å²) in [4.78, 5) is 25.5. The summed E-state index contributed by atoms with van der Waals surface area (Å²) < 4.78 is 16.6. The van der Waals surface area contributed by atoms with Gasteiger partial charge >= 0.3 is 5.97 Å². The van der Waals surface area contributed by atoms with E-state index in [2.05, 4.69) is 0 Å². The van der Waals surface area contributed by atoms with Crippen LogP contribution in [0.25, 0.3) is 0 Å². The first-order valence-corrected chi connectivity index (χ1v) is 9.04. The van der Waals surface area contributed by atoms with Gasteiger partial charge in [0.25, 0.3) is 0 Å². The molecule has 27 heavy (non-hydrogen) atoms. The number of hydrogen-bond acceptors (Lipinski definition) is 5. The highest BCUT2D eigenvalue weighted by Gasteiger charge is 2.55. The van der Waals surface area contributed by atoms with Crippen molar-refractivity contribution in [3.63, 3.8) is 0 Å². The van der Waals surface area contributed by atoms with Crippen molar-refractivity contribution in [2.45, 2.75) is 31.5 Å². The molecule has 5 heteroatoms. The maximum atomic E-state index is 12.8. The zero-order chi connectivity index (χ0) is 19.4. The van der Waals surface area contributed by atoms with Gasteiger partial charge in [-0.15, -0.1) is 0 Å². The van der Waals surface area contributed by atoms with Crippen LogP contribution in [-0.2, 0) is 24.7 Å². The minimum Gasteiger partial charge on any atom is -0.497 e. The van der Waals surface area contributed by atoms with Crippen molar-refractivity contribution in [1.29, 1.82) is 0 Å². The number of hydrogen-bond donors (Lipinski definition) is 0. The Labute approximate surface area is 159 Å². The lowest BCUT2D eigenvalue weighted by Crippen LogP contribution is -2.36. The molecule has 1 saturated heterocycles. The third-order valence-electron chi connectivity index (χ3n) is 5.16. The van der Waals surface area contributed by atoms with Crippen LogP contribution in [0.5, 0.6) is 5.75 Å². The molecule has 0 bridgehead atoms. The maximum absolute atomic E-state index is 12.8. The third kappa shape index (κ3) is 3.47. The van der Waals surface area contributed by atoms with Gasteiger partial charge in [-0.2, -0.15) is 0 Å². The predicted molar refractivity (Wildman–Crippen MR) is 100 cm³/mol. The zero-order valence-electron chi connectivity index (χ0n) is 15.8. The molecule has 3 atom stereocenters. The monoisotopic (exact) mass is 368 g/mol. The summed E-state index contributed by atoms with van der Waals surface area (Å²) in [5.74, 6) is -0.128. The van der Waals surface area contributed by atoms with Crippen LogP contribution in [0.3, 0.4) is 0 Å². The van der Waals surface area contributed by atoms with Crippen molar-refractivity contribution in [2.24, 2.45) is 5.92 Å². The Balaban J connectivity index is 2.07. The molecule has 2 aromatic rings. The molecule has 0 unspecified atom stereocenters. The van der Waals surface area contributed by atoms with Crippen LogP contribution in [-0.4, -0.2) is 26.0 Å². The lowest BCUT2D eigenvalue weighted by molar-refractivity contribution is -0.170. The van der Waals surface area contributed by atoms with Crippen LogP contribution in [0.4, 0.5) is 0 Å². The van der Waals surface area contributed by atoms with E-state index in [9.17, 15) is 9.59 Å². The minimum atomic E-state index is -1.30. The fourth-order valence-electron chi connectivity index (χ4n) is 3.71. The van der Waals surface area contributed by atoms with Crippen LogP contribution >= 0.6 is 0 Å². The van der Waals surface area contributed by atoms with Crippen molar-refractivity contribution in [3.8, 4) is 5.75 Å². The van der Waals surface area contributed by atoms with Gasteiger partial charge < -0.3 is 14.2 Å². The number of esters is 1. The molecule has 1 aliphatic heterocycles. The summed E-state index contributed by atoms with van der Waals surface area (Å²) in [7, 11) is 2.94. The van der Waals surface area contributed by atoms with E-state index in [1.54, 1.807) is 7.11 Å². The highest BCUT2D eigenvalue weighted by atomic mass is 16.6. The average Bonchev–Trinajstić information content (AvgIpc) is 3.15. The molecule has 1 fully saturated rings. The van der Waals surface area contributed by atoms with Gasteiger partial charge in [0.1, 0.15) is 11.5 Å². The van der Waals surface area contributed by atoms with Gasteiger partial charge in [0.2, 0.25) is 0 Å². The van der Waals surface area contributed by atoms with Crippen LogP contribution in [0.15, 0.2) is 54.6 Å². The van der Waals surface area contributed by atoms with E-state index < -0.39 is 23.6 Å². The zero-order valence-corrected chi connectivity index (χ0v) is 15.8. The molecule has 1 aliphatic rings. The molecule has 0 aliphatic carbocycles. The summed E-state index contributed by atoms with van der Waals surface area (Å²) in [5.41, 5.74) is 0.238. The number of Topliss-reactive ketones (excluding diaryl/α,β-unsaturated/α-hetero) is 1. The largest absolute Gasteiger partial charge is 0.497 e. The molecular formula is C22H24O5. The normalized spacial score (nSPS) is 24.4. The van der Waals surface area contributed by atoms with Gasteiger partial charge in [-0.05, 0) is 23.3 Å². The van der Waals surface area contributed by atoms with Crippen molar-refractivity contribution >= 4 is 11.8 Å². The number of carbonyl (C=O) groups excluding carboxylic acids is 2. The first kappa shape index (κ1) is 19.1. The number of methoxy groups -OCH3 is 2. The maximum Gasteiger partial charge on any atom is 0.342 e. The molecule has 142 valence electrons. The quantitative estimate of drug-likeness (QED) is 0.726. The number of carbonyl (C=O) groups is 2. The average molecular weight is 368 g/mol. The fourth-order valence-corrected chi connectivity index (χ4v) is 3.71. The summed E-state index contributed by atoms with van der Waals surface area (Å²) >= 11 is 0. The first-order chi connectivity index (χ1) is 13.1. The Hall–Kier alpha value is -2.66. The Bertz CT molecular complexity index is 799. The fraction of sp³-hybridized carbons (Fsp3) is 0.364. The molecule has 0 spiro atoms. The summed E-state index contributed by atoms with van der Waals surface area (Å²) in [5, 5.41) is 0. The Morgan fingerprint density at radius 1 is 1.07 bits per heavy atom. The van der Waals surface area contributed by atoms with E-state index in [4.69, 9.17) is 14.2 Å². The molecule has 0 amide bonds. The summed E-state index contributed by atoms with van der Waals surface area (Å²) in [6.07, 6.45) is 0.113. The van der Waals surface area contributed by atoms with Crippen LogP contribution < -0.4 is 4.74 Å². The van der Waals surface area contributed by atoms with Gasteiger partial charge in [-0.1, -0.05) is 49.4 Å². The van der Waals surface area contributed by atoms with E-state index in [0.29, 0.717) is 12.0 Å². The number of benzene rings is 2. The van der Waals surface area contributed by atoms with E-state index >= 15 is 0 Å². The Morgan fingerprint density at radius 3 is 2.30 bits per heavy atom. The minimum absolute atomic E-state index is 0.0672. The van der Waals surface area contributed by atoms with Gasteiger partial charge in [0.15, 0.2) is 5.60 Å². The van der Waals surface area contributed by atoms with Gasteiger partial charge in [0.05, 0.1) is 26.2 Å². The summed E-state index contributed by atoms with van der Waals surface area (Å²) in [6, 6.07) is 16.6. The molecular weight excluding hydrogens is 344 g/mol. The molecule has 0 radical (unpaired) electrons. The predicted octanol–water partition coefficient (Wildman–Crippen LogP) is 3.82. The smallest absolute Gasteiger partial charge is 0.342 e. The lowest BCUT2D eigenvalue weighted by atomic mass is 9.82. The van der Waals surface area contributed by atoms with E-state index in [-0.39, 0.29) is 12.2 Å². The van der Waals surface area contributed by atoms with E-state index in [1.165, 1.54) is 7.11 Å².